The molecule has 0 aliphatic heterocycles. The Labute approximate surface area is 71.1 Å². The molecule has 62 valence electrons. The van der Waals surface area contributed by atoms with Gasteiger partial charge < -0.3 is 10.2 Å². The van der Waals surface area contributed by atoms with Crippen LogP contribution in [0.4, 0.5) is 0 Å². The zero-order valence-corrected chi connectivity index (χ0v) is 6.62. The van der Waals surface area contributed by atoms with E-state index < -0.39 is 0 Å². The van der Waals surface area contributed by atoms with Crippen molar-refractivity contribution >= 4 is 11.8 Å². The average Bonchev–Trinajstić information content (AvgIpc) is 2.03. The zero-order chi connectivity index (χ0) is 9.14. The highest BCUT2D eigenvalue weighted by Crippen LogP contribution is 2.21. The summed E-state index contributed by atoms with van der Waals surface area (Å²) < 4.78 is 0. The van der Waals surface area contributed by atoms with E-state index in [0.29, 0.717) is 11.1 Å². The molecule has 0 spiro atoms. The smallest absolute Gasteiger partial charge is 0.116 e. The summed E-state index contributed by atoms with van der Waals surface area (Å²) >= 11 is 0. The second-order valence-electron chi connectivity index (χ2n) is 2.42. The minimum absolute atomic E-state index is 0.0232. The number of benzene rings is 1. The minimum Gasteiger partial charge on any atom is -0.508 e. The Morgan fingerprint density at radius 1 is 1.42 bits per heavy atom. The first kappa shape index (κ1) is 8.40. The van der Waals surface area contributed by atoms with Crippen LogP contribution < -0.4 is 0 Å². The van der Waals surface area contributed by atoms with Crippen molar-refractivity contribution in [2.24, 2.45) is 0 Å². The highest BCUT2D eigenvalue weighted by Gasteiger charge is 2.02. The summed E-state index contributed by atoms with van der Waals surface area (Å²) in [6, 6.07) is 4.60. The van der Waals surface area contributed by atoms with Gasteiger partial charge in [-0.25, -0.2) is 0 Å². The Morgan fingerprint density at radius 2 is 2.08 bits per heavy atom. The predicted molar refractivity (Wildman–Crippen MR) is 49.9 cm³/mol. The molecule has 0 fully saturated rings. The molecular weight excluding hydrogens is 152 g/mol. The standard InChI is InChI=1S/C10H10O2/c1-3-8-6-9(12)4-5-10(8)7(2)11/h3-6,11-12H,1-2H2. The second-order valence-corrected chi connectivity index (χ2v) is 2.42. The third kappa shape index (κ3) is 1.48. The molecule has 0 saturated heterocycles. The van der Waals surface area contributed by atoms with Gasteiger partial charge in [0.25, 0.3) is 0 Å². The summed E-state index contributed by atoms with van der Waals surface area (Å²) in [6.45, 7) is 6.94. The summed E-state index contributed by atoms with van der Waals surface area (Å²) in [7, 11) is 0. The lowest BCUT2D eigenvalue weighted by Crippen LogP contribution is -1.85. The van der Waals surface area contributed by atoms with Gasteiger partial charge in [0.2, 0.25) is 0 Å². The van der Waals surface area contributed by atoms with Gasteiger partial charge in [-0.2, -0.15) is 0 Å². The lowest BCUT2D eigenvalue weighted by Gasteiger charge is -2.03. The van der Waals surface area contributed by atoms with E-state index in [0.717, 1.165) is 0 Å². The van der Waals surface area contributed by atoms with Crippen LogP contribution in [0.3, 0.4) is 0 Å². The van der Waals surface area contributed by atoms with E-state index >= 15 is 0 Å². The van der Waals surface area contributed by atoms with Crippen LogP contribution in [0.25, 0.3) is 11.8 Å². The van der Waals surface area contributed by atoms with Crippen molar-refractivity contribution in [3.8, 4) is 5.75 Å². The molecule has 1 aromatic rings. The molecule has 2 nitrogen and oxygen atoms in total. The van der Waals surface area contributed by atoms with Crippen molar-refractivity contribution in [1.82, 2.24) is 0 Å². The van der Waals surface area contributed by atoms with Gasteiger partial charge in [-0.1, -0.05) is 19.2 Å². The lowest BCUT2D eigenvalue weighted by molar-refractivity contribution is 0.474. The lowest BCUT2D eigenvalue weighted by atomic mass is 10.1. The average molecular weight is 162 g/mol. The second kappa shape index (κ2) is 3.13. The first-order valence-corrected chi connectivity index (χ1v) is 3.49. The molecule has 0 unspecified atom stereocenters. The third-order valence-corrected chi connectivity index (χ3v) is 1.57. The van der Waals surface area contributed by atoms with Gasteiger partial charge in [0, 0.05) is 5.56 Å². The highest BCUT2D eigenvalue weighted by molar-refractivity contribution is 5.69. The first-order valence-electron chi connectivity index (χ1n) is 3.49. The number of hydrogen-bond donors (Lipinski definition) is 2. The number of hydrogen-bond acceptors (Lipinski definition) is 2. The van der Waals surface area contributed by atoms with Crippen molar-refractivity contribution in [3.63, 3.8) is 0 Å². The normalized spacial score (nSPS) is 9.33. The van der Waals surface area contributed by atoms with E-state index in [2.05, 4.69) is 13.2 Å². The highest BCUT2D eigenvalue weighted by atomic mass is 16.3. The van der Waals surface area contributed by atoms with Crippen LogP contribution in [0.1, 0.15) is 11.1 Å². The Balaban J connectivity index is 3.29. The molecule has 0 heterocycles. The number of aliphatic hydroxyl groups is 1. The Kier molecular flexibility index (Phi) is 2.19. The van der Waals surface area contributed by atoms with Crippen molar-refractivity contribution in [2.75, 3.05) is 0 Å². The van der Waals surface area contributed by atoms with Crippen molar-refractivity contribution < 1.29 is 10.2 Å². The van der Waals surface area contributed by atoms with Gasteiger partial charge >= 0.3 is 0 Å². The van der Waals surface area contributed by atoms with Crippen LogP contribution in [-0.4, -0.2) is 10.2 Å². The SMILES string of the molecule is C=Cc1cc(O)ccc1C(=C)O. The largest absolute Gasteiger partial charge is 0.508 e. The number of phenols is 1. The van der Waals surface area contributed by atoms with E-state index in [1.165, 1.54) is 12.1 Å². The fraction of sp³-hybridized carbons (Fsp3) is 0. The summed E-state index contributed by atoms with van der Waals surface area (Å²) in [6.07, 6.45) is 1.55. The predicted octanol–water partition coefficient (Wildman–Crippen LogP) is 2.56. The Morgan fingerprint density at radius 3 is 2.58 bits per heavy atom. The third-order valence-electron chi connectivity index (χ3n) is 1.57. The van der Waals surface area contributed by atoms with E-state index in [4.69, 9.17) is 10.2 Å². The maximum Gasteiger partial charge on any atom is 0.116 e. The van der Waals surface area contributed by atoms with Gasteiger partial charge in [-0.3, -0.25) is 0 Å². The van der Waals surface area contributed by atoms with Gasteiger partial charge in [0.15, 0.2) is 0 Å². The van der Waals surface area contributed by atoms with E-state index in [-0.39, 0.29) is 11.5 Å². The molecule has 2 heteroatoms. The van der Waals surface area contributed by atoms with Crippen molar-refractivity contribution in [1.29, 1.82) is 0 Å². The summed E-state index contributed by atoms with van der Waals surface area (Å²) in [5.74, 6) is 0.125. The Hall–Kier alpha value is -1.70. The molecule has 0 bridgehead atoms. The summed E-state index contributed by atoms with van der Waals surface area (Å²) in [5, 5.41) is 18.2. The monoisotopic (exact) mass is 162 g/mol. The van der Waals surface area contributed by atoms with Crippen LogP contribution in [-0.2, 0) is 0 Å². The van der Waals surface area contributed by atoms with Gasteiger partial charge in [-0.05, 0) is 23.8 Å². The molecule has 2 N–H and O–H groups in total. The van der Waals surface area contributed by atoms with Crippen LogP contribution in [0, 0.1) is 0 Å². The molecule has 1 aromatic carbocycles. The molecule has 0 aliphatic rings. The number of rotatable bonds is 2. The van der Waals surface area contributed by atoms with Crippen LogP contribution >= 0.6 is 0 Å². The number of aromatic hydroxyl groups is 1. The zero-order valence-electron chi connectivity index (χ0n) is 6.62. The molecule has 1 rings (SSSR count). The van der Waals surface area contributed by atoms with Crippen LogP contribution in [0.15, 0.2) is 31.4 Å². The summed E-state index contributed by atoms with van der Waals surface area (Å²) in [5.41, 5.74) is 1.25. The molecule has 0 atom stereocenters. The van der Waals surface area contributed by atoms with Crippen molar-refractivity contribution in [3.05, 3.63) is 42.5 Å². The van der Waals surface area contributed by atoms with Gasteiger partial charge in [0.1, 0.15) is 11.5 Å². The van der Waals surface area contributed by atoms with E-state index in [1.54, 1.807) is 12.1 Å². The summed E-state index contributed by atoms with van der Waals surface area (Å²) in [4.78, 5) is 0. The van der Waals surface area contributed by atoms with Crippen LogP contribution in [0.5, 0.6) is 5.75 Å². The fourth-order valence-electron chi connectivity index (χ4n) is 0.982. The molecule has 0 aliphatic carbocycles. The molecular formula is C10H10O2. The maximum atomic E-state index is 9.10. The van der Waals surface area contributed by atoms with Crippen LogP contribution in [0.2, 0.25) is 0 Å². The fourth-order valence-corrected chi connectivity index (χ4v) is 0.982. The molecule has 0 radical (unpaired) electrons. The van der Waals surface area contributed by atoms with Gasteiger partial charge in [-0.15, -0.1) is 0 Å². The first-order chi connectivity index (χ1) is 5.65. The minimum atomic E-state index is -0.0232. The number of aliphatic hydroxyl groups excluding tert-OH is 1. The topological polar surface area (TPSA) is 40.5 Å². The van der Waals surface area contributed by atoms with E-state index in [9.17, 15) is 0 Å². The molecule has 0 amide bonds. The van der Waals surface area contributed by atoms with Gasteiger partial charge in [0.05, 0.1) is 0 Å². The molecule has 12 heavy (non-hydrogen) atoms. The van der Waals surface area contributed by atoms with Crippen molar-refractivity contribution in [2.45, 2.75) is 0 Å². The molecule has 0 saturated carbocycles. The quantitative estimate of drug-likeness (QED) is 0.656. The number of phenolic OH excluding ortho intramolecular Hbond substituents is 1. The van der Waals surface area contributed by atoms with E-state index in [1.807, 2.05) is 0 Å². The maximum absolute atomic E-state index is 9.10. The molecule has 0 aromatic heterocycles. The Bertz CT molecular complexity index is 327.